The second kappa shape index (κ2) is 6.35. The fourth-order valence-corrected chi connectivity index (χ4v) is 2.24. The molecule has 1 unspecified atom stereocenters. The van der Waals surface area contributed by atoms with Gasteiger partial charge in [-0.25, -0.2) is 9.97 Å². The van der Waals surface area contributed by atoms with Crippen molar-refractivity contribution in [2.75, 3.05) is 5.32 Å². The summed E-state index contributed by atoms with van der Waals surface area (Å²) in [6, 6.07) is 12.6. The Balaban J connectivity index is 1.73. The van der Waals surface area contributed by atoms with Crippen molar-refractivity contribution in [1.29, 1.82) is 0 Å². The van der Waals surface area contributed by atoms with Crippen molar-refractivity contribution in [3.05, 3.63) is 72.3 Å². The van der Waals surface area contributed by atoms with E-state index in [2.05, 4.69) is 57.5 Å². The highest BCUT2D eigenvalue weighted by Gasteiger charge is 2.07. The molecule has 3 aromatic rings. The molecule has 0 saturated carbocycles. The molecule has 1 aromatic carbocycles. The molecule has 1 N–H and O–H groups in total. The molecule has 0 saturated heterocycles. The van der Waals surface area contributed by atoms with Crippen molar-refractivity contribution in [2.24, 2.45) is 0 Å². The zero-order valence-electron chi connectivity index (χ0n) is 12.7. The molecule has 22 heavy (non-hydrogen) atoms. The van der Waals surface area contributed by atoms with E-state index in [4.69, 9.17) is 0 Å². The number of hydrogen-bond acceptors (Lipinski definition) is 4. The average molecular weight is 290 g/mol. The standard InChI is InChI=1S/C18H18N4/c1-13-10-20-18(21-11-13)22-14(2)15-5-7-16(8-6-15)17-4-3-9-19-12-17/h3-12,14H,1-2H3,(H,20,21,22). The lowest BCUT2D eigenvalue weighted by Crippen LogP contribution is -2.09. The van der Waals surface area contributed by atoms with Crippen LogP contribution in [0.1, 0.15) is 24.1 Å². The van der Waals surface area contributed by atoms with E-state index in [-0.39, 0.29) is 6.04 Å². The molecule has 110 valence electrons. The highest BCUT2D eigenvalue weighted by atomic mass is 15.1. The average Bonchev–Trinajstić information content (AvgIpc) is 2.58. The first-order chi connectivity index (χ1) is 10.7. The second-order valence-electron chi connectivity index (χ2n) is 5.31. The number of nitrogens with one attached hydrogen (secondary N) is 1. The van der Waals surface area contributed by atoms with Crippen molar-refractivity contribution in [3.8, 4) is 11.1 Å². The number of nitrogens with zero attached hydrogens (tertiary/aromatic N) is 3. The third-order valence-corrected chi connectivity index (χ3v) is 3.53. The van der Waals surface area contributed by atoms with Gasteiger partial charge in [0.1, 0.15) is 0 Å². The molecule has 4 nitrogen and oxygen atoms in total. The molecular weight excluding hydrogens is 272 g/mol. The number of aromatic nitrogens is 3. The van der Waals surface area contributed by atoms with Gasteiger partial charge in [0.15, 0.2) is 0 Å². The van der Waals surface area contributed by atoms with Crippen molar-refractivity contribution in [1.82, 2.24) is 15.0 Å². The van der Waals surface area contributed by atoms with Crippen LogP contribution in [0, 0.1) is 6.92 Å². The summed E-state index contributed by atoms with van der Waals surface area (Å²) in [4.78, 5) is 12.7. The van der Waals surface area contributed by atoms with Gasteiger partial charge in [-0.05, 0) is 42.2 Å². The van der Waals surface area contributed by atoms with Crippen molar-refractivity contribution < 1.29 is 0 Å². The van der Waals surface area contributed by atoms with Crippen LogP contribution < -0.4 is 5.32 Å². The Morgan fingerprint density at radius 2 is 1.64 bits per heavy atom. The Labute approximate surface area is 130 Å². The molecule has 0 aliphatic rings. The summed E-state index contributed by atoms with van der Waals surface area (Å²) >= 11 is 0. The van der Waals surface area contributed by atoms with Gasteiger partial charge in [-0.3, -0.25) is 4.98 Å². The van der Waals surface area contributed by atoms with Crippen molar-refractivity contribution in [3.63, 3.8) is 0 Å². The molecule has 0 bridgehead atoms. The van der Waals surface area contributed by atoms with Crippen LogP contribution in [0.2, 0.25) is 0 Å². The van der Waals surface area contributed by atoms with E-state index >= 15 is 0 Å². The third kappa shape index (κ3) is 3.28. The lowest BCUT2D eigenvalue weighted by atomic mass is 10.0. The minimum atomic E-state index is 0.144. The Bertz CT molecular complexity index is 721. The van der Waals surface area contributed by atoms with Crippen LogP contribution in [0.5, 0.6) is 0 Å². The van der Waals surface area contributed by atoms with Crippen LogP contribution in [0.25, 0.3) is 11.1 Å². The molecule has 0 fully saturated rings. The van der Waals surface area contributed by atoms with Crippen LogP contribution in [0.15, 0.2) is 61.2 Å². The van der Waals surface area contributed by atoms with E-state index in [1.165, 1.54) is 5.56 Å². The summed E-state index contributed by atoms with van der Waals surface area (Å²) < 4.78 is 0. The Kier molecular flexibility index (Phi) is 4.10. The van der Waals surface area contributed by atoms with Gasteiger partial charge >= 0.3 is 0 Å². The largest absolute Gasteiger partial charge is 0.348 e. The topological polar surface area (TPSA) is 50.7 Å². The smallest absolute Gasteiger partial charge is 0.223 e. The molecular formula is C18H18N4. The molecule has 0 aliphatic carbocycles. The van der Waals surface area contributed by atoms with Crippen LogP contribution >= 0.6 is 0 Å². The molecule has 3 rings (SSSR count). The van der Waals surface area contributed by atoms with Gasteiger partial charge in [0, 0.05) is 24.8 Å². The number of hydrogen-bond donors (Lipinski definition) is 1. The summed E-state index contributed by atoms with van der Waals surface area (Å²) in [5.74, 6) is 0.648. The molecule has 0 radical (unpaired) electrons. The lowest BCUT2D eigenvalue weighted by Gasteiger charge is -2.14. The van der Waals surface area contributed by atoms with E-state index in [1.54, 1.807) is 6.20 Å². The summed E-state index contributed by atoms with van der Waals surface area (Å²) in [7, 11) is 0. The van der Waals surface area contributed by atoms with E-state index in [0.717, 1.165) is 16.7 Å². The number of benzene rings is 1. The van der Waals surface area contributed by atoms with Gasteiger partial charge in [0.05, 0.1) is 6.04 Å². The summed E-state index contributed by atoms with van der Waals surface area (Å²) in [6.07, 6.45) is 7.28. The first-order valence-electron chi connectivity index (χ1n) is 7.28. The van der Waals surface area contributed by atoms with Crippen LogP contribution in [0.3, 0.4) is 0 Å². The fourth-order valence-electron chi connectivity index (χ4n) is 2.24. The Morgan fingerprint density at radius 1 is 0.909 bits per heavy atom. The minimum Gasteiger partial charge on any atom is -0.348 e. The lowest BCUT2D eigenvalue weighted by molar-refractivity contribution is 0.859. The Morgan fingerprint density at radius 3 is 2.27 bits per heavy atom. The van der Waals surface area contributed by atoms with Gasteiger partial charge in [0.25, 0.3) is 0 Å². The van der Waals surface area contributed by atoms with Gasteiger partial charge < -0.3 is 5.32 Å². The third-order valence-electron chi connectivity index (χ3n) is 3.53. The first kappa shape index (κ1) is 14.2. The van der Waals surface area contributed by atoms with Crippen LogP contribution in [-0.2, 0) is 0 Å². The van der Waals surface area contributed by atoms with Gasteiger partial charge in [-0.1, -0.05) is 30.3 Å². The first-order valence-corrected chi connectivity index (χ1v) is 7.28. The molecule has 2 heterocycles. The van der Waals surface area contributed by atoms with Crippen LogP contribution in [0.4, 0.5) is 5.95 Å². The highest BCUT2D eigenvalue weighted by Crippen LogP contribution is 2.22. The number of pyridine rings is 1. The Hall–Kier alpha value is -2.75. The minimum absolute atomic E-state index is 0.144. The maximum absolute atomic E-state index is 4.28. The molecule has 4 heteroatoms. The predicted molar refractivity (Wildman–Crippen MR) is 88.5 cm³/mol. The fraction of sp³-hybridized carbons (Fsp3) is 0.167. The maximum atomic E-state index is 4.28. The van der Waals surface area contributed by atoms with E-state index in [0.29, 0.717) is 5.95 Å². The molecule has 2 aromatic heterocycles. The number of aryl methyl sites for hydroxylation is 1. The van der Waals surface area contributed by atoms with Gasteiger partial charge in [0.2, 0.25) is 5.95 Å². The normalized spacial score (nSPS) is 11.9. The number of rotatable bonds is 4. The monoisotopic (exact) mass is 290 g/mol. The molecule has 0 aliphatic heterocycles. The van der Waals surface area contributed by atoms with Crippen molar-refractivity contribution in [2.45, 2.75) is 19.9 Å². The quantitative estimate of drug-likeness (QED) is 0.788. The molecule has 1 atom stereocenters. The van der Waals surface area contributed by atoms with Crippen LogP contribution in [-0.4, -0.2) is 15.0 Å². The van der Waals surface area contributed by atoms with Crippen molar-refractivity contribution >= 4 is 5.95 Å². The second-order valence-corrected chi connectivity index (χ2v) is 5.31. The predicted octanol–water partition coefficient (Wildman–Crippen LogP) is 4.02. The SMILES string of the molecule is Cc1cnc(NC(C)c2ccc(-c3cccnc3)cc2)nc1. The van der Waals surface area contributed by atoms with Gasteiger partial charge in [-0.2, -0.15) is 0 Å². The summed E-state index contributed by atoms with van der Waals surface area (Å²) in [6.45, 7) is 4.08. The number of anilines is 1. The van der Waals surface area contributed by atoms with Gasteiger partial charge in [-0.15, -0.1) is 0 Å². The summed E-state index contributed by atoms with van der Waals surface area (Å²) in [5, 5.41) is 3.31. The van der Waals surface area contributed by atoms with E-state index in [1.807, 2.05) is 31.6 Å². The zero-order chi connectivity index (χ0) is 15.4. The van der Waals surface area contributed by atoms with E-state index < -0.39 is 0 Å². The van der Waals surface area contributed by atoms with E-state index in [9.17, 15) is 0 Å². The maximum Gasteiger partial charge on any atom is 0.223 e. The molecule has 0 amide bonds. The summed E-state index contributed by atoms with van der Waals surface area (Å²) in [5.41, 5.74) is 4.53. The molecule has 0 spiro atoms. The highest BCUT2D eigenvalue weighted by molar-refractivity contribution is 5.62. The zero-order valence-corrected chi connectivity index (χ0v) is 12.7.